The minimum Gasteiger partial charge on any atom is -0.381 e. The highest BCUT2D eigenvalue weighted by Gasteiger charge is 2.25. The Kier molecular flexibility index (Phi) is 4.66. The van der Waals surface area contributed by atoms with Crippen molar-refractivity contribution in [1.82, 2.24) is 5.32 Å². The highest BCUT2D eigenvalue weighted by atomic mass is 16.5. The topological polar surface area (TPSA) is 21.3 Å². The van der Waals surface area contributed by atoms with Gasteiger partial charge >= 0.3 is 0 Å². The van der Waals surface area contributed by atoms with E-state index in [1.807, 2.05) is 0 Å². The molecule has 0 aromatic carbocycles. The summed E-state index contributed by atoms with van der Waals surface area (Å²) in [5.74, 6) is 0.773. The number of hydrogen-bond donors (Lipinski definition) is 1. The van der Waals surface area contributed by atoms with E-state index in [0.29, 0.717) is 5.41 Å². The molecule has 1 saturated carbocycles. The van der Waals surface area contributed by atoms with Crippen molar-refractivity contribution in [2.45, 2.75) is 51.9 Å². The largest absolute Gasteiger partial charge is 0.381 e. The maximum absolute atomic E-state index is 5.40. The van der Waals surface area contributed by atoms with Crippen LogP contribution in [0.3, 0.4) is 0 Å². The Morgan fingerprint density at radius 2 is 1.94 bits per heavy atom. The fourth-order valence-electron chi connectivity index (χ4n) is 3.08. The van der Waals surface area contributed by atoms with Gasteiger partial charge in [0, 0.05) is 19.7 Å². The van der Waals surface area contributed by atoms with E-state index in [-0.39, 0.29) is 0 Å². The third kappa shape index (κ3) is 3.74. The molecule has 1 aliphatic heterocycles. The van der Waals surface area contributed by atoms with Crippen molar-refractivity contribution in [3.8, 4) is 0 Å². The maximum atomic E-state index is 5.40. The average Bonchev–Trinajstić information content (AvgIpc) is 2.68. The molecule has 0 aromatic rings. The third-order valence-corrected chi connectivity index (χ3v) is 4.32. The van der Waals surface area contributed by atoms with Crippen LogP contribution in [0, 0.1) is 11.3 Å². The lowest BCUT2D eigenvalue weighted by Gasteiger charge is -2.29. The molecule has 0 radical (unpaired) electrons. The fraction of sp³-hybridized carbons (Fsp3) is 1.00. The molecule has 0 bridgehead atoms. The van der Waals surface area contributed by atoms with Gasteiger partial charge < -0.3 is 10.1 Å². The molecule has 94 valence electrons. The monoisotopic (exact) mass is 225 g/mol. The van der Waals surface area contributed by atoms with Crippen LogP contribution in [0.5, 0.6) is 0 Å². The van der Waals surface area contributed by atoms with E-state index >= 15 is 0 Å². The zero-order valence-electron chi connectivity index (χ0n) is 10.8. The molecule has 1 N–H and O–H groups in total. The first kappa shape index (κ1) is 12.4. The van der Waals surface area contributed by atoms with E-state index in [9.17, 15) is 0 Å². The summed E-state index contributed by atoms with van der Waals surface area (Å²) in [4.78, 5) is 0. The lowest BCUT2D eigenvalue weighted by Crippen LogP contribution is -2.34. The van der Waals surface area contributed by atoms with Gasteiger partial charge in [-0.3, -0.25) is 0 Å². The van der Waals surface area contributed by atoms with Crippen molar-refractivity contribution in [2.75, 3.05) is 26.3 Å². The van der Waals surface area contributed by atoms with Gasteiger partial charge in [0.1, 0.15) is 0 Å². The highest BCUT2D eigenvalue weighted by Crippen LogP contribution is 2.33. The van der Waals surface area contributed by atoms with Gasteiger partial charge in [-0.15, -0.1) is 0 Å². The Labute approximate surface area is 100 Å². The van der Waals surface area contributed by atoms with Crippen LogP contribution in [-0.2, 0) is 4.74 Å². The Balaban J connectivity index is 1.66. The van der Waals surface area contributed by atoms with E-state index < -0.39 is 0 Å². The van der Waals surface area contributed by atoms with Crippen molar-refractivity contribution < 1.29 is 4.74 Å². The van der Waals surface area contributed by atoms with Crippen LogP contribution in [0.25, 0.3) is 0 Å². The zero-order valence-corrected chi connectivity index (χ0v) is 10.8. The summed E-state index contributed by atoms with van der Waals surface area (Å²) in [6.45, 7) is 6.79. The predicted molar refractivity (Wildman–Crippen MR) is 67.6 cm³/mol. The molecule has 2 rings (SSSR count). The quantitative estimate of drug-likeness (QED) is 0.743. The molecule has 2 aliphatic rings. The lowest BCUT2D eigenvalue weighted by atomic mass is 9.82. The second-order valence-corrected chi connectivity index (χ2v) is 6.09. The number of ether oxygens (including phenoxy) is 1. The second-order valence-electron chi connectivity index (χ2n) is 6.09. The Morgan fingerprint density at radius 1 is 1.19 bits per heavy atom. The number of hydrogen-bond acceptors (Lipinski definition) is 2. The smallest absolute Gasteiger partial charge is 0.0507 e. The van der Waals surface area contributed by atoms with Gasteiger partial charge in [0.2, 0.25) is 0 Å². The van der Waals surface area contributed by atoms with Crippen molar-refractivity contribution in [1.29, 1.82) is 0 Å². The molecule has 2 heteroatoms. The Morgan fingerprint density at radius 3 is 2.56 bits per heavy atom. The van der Waals surface area contributed by atoms with Gasteiger partial charge in [0.25, 0.3) is 0 Å². The molecule has 16 heavy (non-hydrogen) atoms. The Bertz CT molecular complexity index is 191. The fourth-order valence-corrected chi connectivity index (χ4v) is 3.08. The van der Waals surface area contributed by atoms with Crippen LogP contribution in [0.15, 0.2) is 0 Å². The van der Waals surface area contributed by atoms with E-state index in [4.69, 9.17) is 4.74 Å². The minimum atomic E-state index is 0.565. The number of nitrogens with one attached hydrogen (secondary N) is 1. The molecule has 1 atom stereocenters. The summed E-state index contributed by atoms with van der Waals surface area (Å²) in [6, 6.07) is 0. The molecule has 1 saturated heterocycles. The molecule has 0 amide bonds. The lowest BCUT2D eigenvalue weighted by molar-refractivity contribution is 0.183. The summed E-state index contributed by atoms with van der Waals surface area (Å²) in [7, 11) is 0. The van der Waals surface area contributed by atoms with Crippen LogP contribution in [0.4, 0.5) is 0 Å². The first-order chi connectivity index (χ1) is 7.79. The van der Waals surface area contributed by atoms with Crippen molar-refractivity contribution in [3.05, 3.63) is 0 Å². The molecule has 1 unspecified atom stereocenters. The van der Waals surface area contributed by atoms with Gasteiger partial charge in [-0.1, -0.05) is 32.6 Å². The molecule has 1 heterocycles. The molecule has 2 nitrogen and oxygen atoms in total. The summed E-state index contributed by atoms with van der Waals surface area (Å²) >= 11 is 0. The van der Waals surface area contributed by atoms with E-state index in [2.05, 4.69) is 12.2 Å². The van der Waals surface area contributed by atoms with Gasteiger partial charge in [0.15, 0.2) is 0 Å². The van der Waals surface area contributed by atoms with Crippen molar-refractivity contribution in [3.63, 3.8) is 0 Å². The summed E-state index contributed by atoms with van der Waals surface area (Å²) < 4.78 is 5.40. The SMILES string of the molecule is CC1(CNCC2CCOC2)CCCCCC1. The van der Waals surface area contributed by atoms with Gasteiger partial charge in [0.05, 0.1) is 6.61 Å². The van der Waals surface area contributed by atoms with Gasteiger partial charge in [-0.05, 0) is 30.6 Å². The van der Waals surface area contributed by atoms with Gasteiger partial charge in [-0.25, -0.2) is 0 Å². The van der Waals surface area contributed by atoms with E-state index in [1.165, 1.54) is 51.5 Å². The van der Waals surface area contributed by atoms with Crippen LogP contribution < -0.4 is 5.32 Å². The predicted octanol–water partition coefficient (Wildman–Crippen LogP) is 2.97. The highest BCUT2D eigenvalue weighted by molar-refractivity contribution is 4.80. The summed E-state index contributed by atoms with van der Waals surface area (Å²) in [5, 5.41) is 3.69. The standard InChI is InChI=1S/C14H27NO/c1-14(7-4-2-3-5-8-14)12-15-10-13-6-9-16-11-13/h13,15H,2-12H2,1H3. The molecule has 0 spiro atoms. The van der Waals surface area contributed by atoms with Crippen molar-refractivity contribution in [2.24, 2.45) is 11.3 Å². The zero-order chi connectivity index (χ0) is 11.3. The van der Waals surface area contributed by atoms with Crippen LogP contribution >= 0.6 is 0 Å². The Hall–Kier alpha value is -0.0800. The molecule has 1 aliphatic carbocycles. The van der Waals surface area contributed by atoms with Crippen LogP contribution in [0.1, 0.15) is 51.9 Å². The third-order valence-electron chi connectivity index (χ3n) is 4.32. The first-order valence-corrected chi connectivity index (χ1v) is 7.07. The van der Waals surface area contributed by atoms with Gasteiger partial charge in [-0.2, -0.15) is 0 Å². The van der Waals surface area contributed by atoms with Crippen molar-refractivity contribution >= 4 is 0 Å². The first-order valence-electron chi connectivity index (χ1n) is 7.07. The summed E-state index contributed by atoms with van der Waals surface area (Å²) in [6.07, 6.45) is 9.86. The van der Waals surface area contributed by atoms with E-state index in [1.54, 1.807) is 0 Å². The number of rotatable bonds is 4. The van der Waals surface area contributed by atoms with Crippen LogP contribution in [-0.4, -0.2) is 26.3 Å². The molecular formula is C14H27NO. The normalized spacial score (nSPS) is 30.2. The minimum absolute atomic E-state index is 0.565. The maximum Gasteiger partial charge on any atom is 0.0507 e. The molecule has 2 fully saturated rings. The molecular weight excluding hydrogens is 198 g/mol. The molecule has 0 aromatic heterocycles. The van der Waals surface area contributed by atoms with E-state index in [0.717, 1.165) is 25.7 Å². The second kappa shape index (κ2) is 6.02. The average molecular weight is 225 g/mol. The summed E-state index contributed by atoms with van der Waals surface area (Å²) in [5.41, 5.74) is 0.565. The van der Waals surface area contributed by atoms with Crippen LogP contribution in [0.2, 0.25) is 0 Å².